The zero-order valence-corrected chi connectivity index (χ0v) is 12.0. The highest BCUT2D eigenvalue weighted by Gasteiger charge is 2.37. The Morgan fingerprint density at radius 3 is 2.43 bits per heavy atom. The van der Waals surface area contributed by atoms with Gasteiger partial charge in [0.2, 0.25) is 0 Å². The molecule has 1 aliphatic rings. The van der Waals surface area contributed by atoms with Crippen LogP contribution in [-0.4, -0.2) is 24.8 Å². The Morgan fingerprint density at radius 2 is 1.76 bits per heavy atom. The molecule has 1 atom stereocenters. The maximum Gasteiger partial charge on any atom is 0.194 e. The predicted molar refractivity (Wildman–Crippen MR) is 80.8 cm³/mol. The molecule has 0 fully saturated rings. The summed E-state index contributed by atoms with van der Waals surface area (Å²) in [7, 11) is 3.73. The molecule has 21 heavy (non-hydrogen) atoms. The van der Waals surface area contributed by atoms with Crippen molar-refractivity contribution in [1.82, 2.24) is 4.90 Å². The number of halogens is 1. The van der Waals surface area contributed by atoms with Gasteiger partial charge in [-0.25, -0.2) is 4.39 Å². The zero-order valence-electron chi connectivity index (χ0n) is 12.0. The molecule has 2 aromatic carbocycles. The minimum atomic E-state index is -0.444. The van der Waals surface area contributed by atoms with Gasteiger partial charge in [-0.05, 0) is 17.2 Å². The highest BCUT2D eigenvalue weighted by molar-refractivity contribution is 6.15. The molecule has 2 aromatic rings. The summed E-state index contributed by atoms with van der Waals surface area (Å²) in [6, 6.07) is 14.6. The van der Waals surface area contributed by atoms with Crippen molar-refractivity contribution in [2.45, 2.75) is 5.92 Å². The number of hydrogen-bond donors (Lipinski definition) is 0. The third-order valence-corrected chi connectivity index (χ3v) is 3.69. The summed E-state index contributed by atoms with van der Waals surface area (Å²) in [5, 5.41) is 0. The van der Waals surface area contributed by atoms with Gasteiger partial charge < -0.3 is 4.90 Å². The fourth-order valence-electron chi connectivity index (χ4n) is 2.88. The smallest absolute Gasteiger partial charge is 0.194 e. The molecule has 3 rings (SSSR count). The molecule has 0 saturated heterocycles. The number of hydrogen-bond acceptors (Lipinski definition) is 2. The number of Topliss-reactive ketones (excluding diaryl/α,β-unsaturated/α-hetero) is 1. The molecule has 0 aliphatic heterocycles. The van der Waals surface area contributed by atoms with Crippen LogP contribution < -0.4 is 0 Å². The van der Waals surface area contributed by atoms with E-state index in [1.54, 1.807) is 12.3 Å². The van der Waals surface area contributed by atoms with Gasteiger partial charge in [0.05, 0.1) is 5.56 Å². The number of benzene rings is 2. The minimum absolute atomic E-state index is 0.202. The van der Waals surface area contributed by atoms with Crippen LogP contribution in [0.5, 0.6) is 0 Å². The van der Waals surface area contributed by atoms with Crippen molar-refractivity contribution in [3.63, 3.8) is 0 Å². The predicted octanol–water partition coefficient (Wildman–Crippen LogP) is 3.60. The van der Waals surface area contributed by atoms with E-state index in [-0.39, 0.29) is 17.3 Å². The molecule has 2 nitrogen and oxygen atoms in total. The van der Waals surface area contributed by atoms with Crippen LogP contribution in [0.1, 0.15) is 27.4 Å². The highest BCUT2D eigenvalue weighted by Crippen LogP contribution is 2.42. The molecule has 106 valence electrons. The van der Waals surface area contributed by atoms with Gasteiger partial charge in [-0.2, -0.15) is 0 Å². The third kappa shape index (κ3) is 2.25. The fraction of sp³-hybridized carbons (Fsp3) is 0.167. The lowest BCUT2D eigenvalue weighted by Gasteiger charge is -2.15. The largest absolute Gasteiger partial charge is 0.383 e. The van der Waals surface area contributed by atoms with E-state index in [0.717, 1.165) is 11.1 Å². The Morgan fingerprint density at radius 1 is 1.05 bits per heavy atom. The van der Waals surface area contributed by atoms with Crippen molar-refractivity contribution in [2.75, 3.05) is 14.1 Å². The normalized spacial score (nSPS) is 18.9. The maximum atomic E-state index is 14.1. The first-order chi connectivity index (χ1) is 10.1. The summed E-state index contributed by atoms with van der Waals surface area (Å²) in [5.41, 5.74) is 2.58. The summed E-state index contributed by atoms with van der Waals surface area (Å²) in [6.07, 6.45) is 1.79. The van der Waals surface area contributed by atoms with Crippen LogP contribution in [0.25, 0.3) is 0 Å². The summed E-state index contributed by atoms with van der Waals surface area (Å²) >= 11 is 0. The van der Waals surface area contributed by atoms with Crippen LogP contribution in [0.3, 0.4) is 0 Å². The zero-order chi connectivity index (χ0) is 15.0. The topological polar surface area (TPSA) is 20.3 Å². The second-order valence-electron chi connectivity index (χ2n) is 5.42. The molecule has 0 unspecified atom stereocenters. The van der Waals surface area contributed by atoms with Crippen LogP contribution in [0.4, 0.5) is 4.39 Å². The van der Waals surface area contributed by atoms with Crippen LogP contribution >= 0.6 is 0 Å². The van der Waals surface area contributed by atoms with Crippen molar-refractivity contribution in [1.29, 1.82) is 0 Å². The Kier molecular flexibility index (Phi) is 3.34. The van der Waals surface area contributed by atoms with Crippen molar-refractivity contribution < 1.29 is 9.18 Å². The number of allylic oxidation sites excluding steroid dienone is 1. The van der Waals surface area contributed by atoms with Crippen LogP contribution in [0.15, 0.2) is 60.3 Å². The highest BCUT2D eigenvalue weighted by atomic mass is 19.1. The molecule has 0 N–H and O–H groups in total. The Bertz CT molecular complexity index is 719. The lowest BCUT2D eigenvalue weighted by Crippen LogP contribution is -2.09. The first-order valence-corrected chi connectivity index (χ1v) is 6.86. The third-order valence-electron chi connectivity index (χ3n) is 3.69. The standard InChI is InChI=1S/C18H16FNO/c1-20(2)11-14-16(12-7-4-3-5-8-12)13-9-6-10-15(19)17(13)18(14)21/h3-11,16H,1-2H3/b14-11-/t16-/m0/s1. The number of nitrogens with zero attached hydrogens (tertiary/aromatic N) is 1. The molecular weight excluding hydrogens is 265 g/mol. The van der Waals surface area contributed by atoms with Gasteiger partial charge in [0, 0.05) is 31.8 Å². The molecule has 3 heteroatoms. The molecule has 0 spiro atoms. The minimum Gasteiger partial charge on any atom is -0.383 e. The molecule has 0 bridgehead atoms. The molecule has 0 amide bonds. The van der Waals surface area contributed by atoms with E-state index in [9.17, 15) is 9.18 Å². The number of rotatable bonds is 2. The maximum absolute atomic E-state index is 14.1. The number of ketones is 1. The molecule has 0 heterocycles. The van der Waals surface area contributed by atoms with Crippen LogP contribution in [0.2, 0.25) is 0 Å². The van der Waals surface area contributed by atoms with Crippen LogP contribution in [0, 0.1) is 5.82 Å². The lowest BCUT2D eigenvalue weighted by molar-refractivity contribution is 0.103. The van der Waals surface area contributed by atoms with E-state index in [2.05, 4.69) is 0 Å². The second kappa shape index (κ2) is 5.17. The van der Waals surface area contributed by atoms with E-state index in [1.165, 1.54) is 6.07 Å². The van der Waals surface area contributed by atoms with E-state index in [4.69, 9.17) is 0 Å². The van der Waals surface area contributed by atoms with E-state index in [0.29, 0.717) is 5.57 Å². The van der Waals surface area contributed by atoms with Crippen molar-refractivity contribution in [3.8, 4) is 0 Å². The monoisotopic (exact) mass is 281 g/mol. The summed E-state index contributed by atoms with van der Waals surface area (Å²) in [4.78, 5) is 14.4. The first-order valence-electron chi connectivity index (χ1n) is 6.86. The Balaban J connectivity index is 2.24. The average Bonchev–Trinajstić information content (AvgIpc) is 2.73. The van der Waals surface area contributed by atoms with Crippen molar-refractivity contribution >= 4 is 5.78 Å². The number of carbonyl (C=O) groups excluding carboxylic acids is 1. The van der Waals surface area contributed by atoms with Gasteiger partial charge >= 0.3 is 0 Å². The SMILES string of the molecule is CN(C)/C=C1\C(=O)c2c(F)cccc2[C@@H]1c1ccccc1. The molecular formula is C18H16FNO. The number of carbonyl (C=O) groups is 1. The second-order valence-corrected chi connectivity index (χ2v) is 5.42. The lowest BCUT2D eigenvalue weighted by atomic mass is 9.90. The van der Waals surface area contributed by atoms with Gasteiger partial charge in [0.15, 0.2) is 5.78 Å². The summed E-state index contributed by atoms with van der Waals surface area (Å²) in [6.45, 7) is 0. The summed E-state index contributed by atoms with van der Waals surface area (Å²) < 4.78 is 14.1. The fourth-order valence-corrected chi connectivity index (χ4v) is 2.88. The number of fused-ring (bicyclic) bond motifs is 1. The molecule has 0 radical (unpaired) electrons. The molecule has 0 aromatic heterocycles. The average molecular weight is 281 g/mol. The van der Waals surface area contributed by atoms with E-state index in [1.807, 2.05) is 55.4 Å². The van der Waals surface area contributed by atoms with Gasteiger partial charge in [-0.1, -0.05) is 42.5 Å². The first kappa shape index (κ1) is 13.6. The van der Waals surface area contributed by atoms with E-state index < -0.39 is 5.82 Å². The van der Waals surface area contributed by atoms with Gasteiger partial charge in [-0.15, -0.1) is 0 Å². The van der Waals surface area contributed by atoms with Gasteiger partial charge in [-0.3, -0.25) is 4.79 Å². The Hall–Kier alpha value is -2.42. The quantitative estimate of drug-likeness (QED) is 0.784. The van der Waals surface area contributed by atoms with Crippen LogP contribution in [-0.2, 0) is 0 Å². The summed E-state index contributed by atoms with van der Waals surface area (Å²) in [5.74, 6) is -0.863. The van der Waals surface area contributed by atoms with E-state index >= 15 is 0 Å². The van der Waals surface area contributed by atoms with Crippen molar-refractivity contribution in [2.24, 2.45) is 0 Å². The molecule has 0 saturated carbocycles. The van der Waals surface area contributed by atoms with Gasteiger partial charge in [0.1, 0.15) is 5.82 Å². The van der Waals surface area contributed by atoms with Gasteiger partial charge in [0.25, 0.3) is 0 Å². The Labute approximate surface area is 123 Å². The van der Waals surface area contributed by atoms with Crippen molar-refractivity contribution in [3.05, 3.63) is 82.8 Å². The molecule has 1 aliphatic carbocycles.